The van der Waals surface area contributed by atoms with Gasteiger partial charge in [-0.15, -0.1) is 33.2 Å². The molecule has 0 spiro atoms. The van der Waals surface area contributed by atoms with E-state index in [0.717, 1.165) is 28.9 Å². The summed E-state index contributed by atoms with van der Waals surface area (Å²) in [6, 6.07) is 5.63. The zero-order valence-corrected chi connectivity index (χ0v) is 14.6. The summed E-state index contributed by atoms with van der Waals surface area (Å²) in [5, 5.41) is 1.04. The molecule has 0 heterocycles. The first-order chi connectivity index (χ1) is 9.52. The molecule has 4 bridgehead atoms. The fourth-order valence-corrected chi connectivity index (χ4v) is 7.89. The Hall–Kier alpha value is 0.307. The monoisotopic (exact) mass is 344 g/mol. The highest BCUT2D eigenvalue weighted by Gasteiger charge is 2.49. The fraction of sp³-hybridized carbons (Fsp3) is 0.625. The van der Waals surface area contributed by atoms with Crippen LogP contribution in [0.1, 0.15) is 43.6 Å². The summed E-state index contributed by atoms with van der Waals surface area (Å²) in [6.45, 7) is 0. The van der Waals surface area contributed by atoms with E-state index in [0.29, 0.717) is 5.92 Å². The summed E-state index contributed by atoms with van der Waals surface area (Å²) >= 11 is 19.0. The number of benzene rings is 1. The first kappa shape index (κ1) is 13.9. The van der Waals surface area contributed by atoms with Gasteiger partial charge >= 0.3 is 6.00 Å². The molecule has 0 atom stereocenters. The Balaban J connectivity index is 1.75. The predicted octanol–water partition coefficient (Wildman–Crippen LogP) is 5.09. The molecule has 5 rings (SSSR count). The van der Waals surface area contributed by atoms with Crippen molar-refractivity contribution < 1.29 is 0 Å². The van der Waals surface area contributed by atoms with Crippen LogP contribution in [-0.2, 0) is 0 Å². The Kier molecular flexibility index (Phi) is 3.42. The quantitative estimate of drug-likeness (QED) is 0.517. The van der Waals surface area contributed by atoms with Gasteiger partial charge in [0.25, 0.3) is 0 Å². The molecule has 0 radical (unpaired) electrons. The number of rotatable bonds is 2. The van der Waals surface area contributed by atoms with Crippen LogP contribution in [0.25, 0.3) is 0 Å². The van der Waals surface area contributed by atoms with Gasteiger partial charge in [0.15, 0.2) is 0 Å². The summed E-state index contributed by atoms with van der Waals surface area (Å²) in [6.07, 6.45) is 7.13. The van der Waals surface area contributed by atoms with Crippen molar-refractivity contribution in [1.82, 2.24) is 0 Å². The average Bonchev–Trinajstić information content (AvgIpc) is 2.36. The maximum atomic E-state index is 6.35. The Morgan fingerprint density at radius 1 is 0.800 bits per heavy atom. The zero-order valence-electron chi connectivity index (χ0n) is 11.4. The number of halogens is 3. The normalized spacial score (nSPS) is 39.2. The number of hydrogen-bond acceptors (Lipinski definition) is 0. The highest BCUT2D eigenvalue weighted by Crippen LogP contribution is 2.59. The summed E-state index contributed by atoms with van der Waals surface area (Å²) < 4.78 is 0. The first-order valence-electron chi connectivity index (χ1n) is 7.68. The molecule has 0 aromatic heterocycles. The lowest BCUT2D eigenvalue weighted by molar-refractivity contribution is -0.00246. The second kappa shape index (κ2) is 4.91. The molecule has 4 fully saturated rings. The molecule has 0 aliphatic heterocycles. The molecular weight excluding hydrogens is 327 g/mol. The third-order valence-electron chi connectivity index (χ3n) is 5.85. The van der Waals surface area contributed by atoms with E-state index in [9.17, 15) is 0 Å². The molecule has 108 valence electrons. The Bertz CT molecular complexity index is 495. The van der Waals surface area contributed by atoms with Crippen LogP contribution in [0.3, 0.4) is 0 Å². The van der Waals surface area contributed by atoms with Gasteiger partial charge in [0.2, 0.25) is 0 Å². The van der Waals surface area contributed by atoms with Crippen LogP contribution in [0.2, 0.25) is 0 Å². The van der Waals surface area contributed by atoms with Crippen molar-refractivity contribution in [3.05, 3.63) is 29.8 Å². The minimum absolute atomic E-state index is 0.655. The molecule has 4 saturated carbocycles. The SMILES string of the molecule is Cl[Si](Cl)(Cl)c1ccccc1C1C2CC3CC(C2)CC1C3. The maximum Gasteiger partial charge on any atom is 0.373 e. The molecule has 4 heteroatoms. The van der Waals surface area contributed by atoms with Crippen molar-refractivity contribution in [3.8, 4) is 0 Å². The van der Waals surface area contributed by atoms with E-state index in [-0.39, 0.29) is 0 Å². The molecule has 0 nitrogen and oxygen atoms in total. The van der Waals surface area contributed by atoms with Crippen molar-refractivity contribution in [2.75, 3.05) is 0 Å². The van der Waals surface area contributed by atoms with E-state index < -0.39 is 6.00 Å². The lowest BCUT2D eigenvalue weighted by Crippen LogP contribution is -2.46. The van der Waals surface area contributed by atoms with Gasteiger partial charge in [-0.25, -0.2) is 0 Å². The lowest BCUT2D eigenvalue weighted by atomic mass is 9.51. The van der Waals surface area contributed by atoms with E-state index in [4.69, 9.17) is 33.2 Å². The summed E-state index contributed by atoms with van der Waals surface area (Å²) in [4.78, 5) is 0. The Morgan fingerprint density at radius 2 is 1.35 bits per heavy atom. The summed E-state index contributed by atoms with van der Waals surface area (Å²) in [5.74, 6) is 4.32. The smallest absolute Gasteiger partial charge is 0.121 e. The molecule has 0 saturated heterocycles. The predicted molar refractivity (Wildman–Crippen MR) is 89.2 cm³/mol. The molecule has 0 unspecified atom stereocenters. The molecule has 0 amide bonds. The molecule has 0 N–H and O–H groups in total. The van der Waals surface area contributed by atoms with Crippen molar-refractivity contribution in [1.29, 1.82) is 0 Å². The Labute approximate surface area is 135 Å². The molecule has 4 aliphatic rings. The number of hydrogen-bond donors (Lipinski definition) is 0. The summed E-state index contributed by atoms with van der Waals surface area (Å²) in [7, 11) is 0. The van der Waals surface area contributed by atoms with Gasteiger partial charge in [0.05, 0.1) is 0 Å². The largest absolute Gasteiger partial charge is 0.373 e. The minimum atomic E-state index is -2.80. The molecular formula is C16H19Cl3Si. The highest BCUT2D eigenvalue weighted by molar-refractivity contribution is 7.69. The fourth-order valence-electron chi connectivity index (χ4n) is 5.48. The Morgan fingerprint density at radius 3 is 1.90 bits per heavy atom. The van der Waals surface area contributed by atoms with Crippen LogP contribution in [-0.4, -0.2) is 6.00 Å². The highest BCUT2D eigenvalue weighted by atomic mass is 35.8. The molecule has 1 aromatic carbocycles. The first-order valence-corrected chi connectivity index (χ1v) is 12.7. The van der Waals surface area contributed by atoms with Gasteiger partial charge in [-0.3, -0.25) is 0 Å². The molecule has 1 aromatic rings. The van der Waals surface area contributed by atoms with Crippen molar-refractivity contribution in [2.24, 2.45) is 23.7 Å². The minimum Gasteiger partial charge on any atom is -0.121 e. The van der Waals surface area contributed by atoms with Crippen LogP contribution in [0, 0.1) is 23.7 Å². The average molecular weight is 346 g/mol. The van der Waals surface area contributed by atoms with Crippen LogP contribution < -0.4 is 5.19 Å². The molecule has 4 aliphatic carbocycles. The van der Waals surface area contributed by atoms with Crippen LogP contribution in [0.5, 0.6) is 0 Å². The topological polar surface area (TPSA) is 0 Å². The second-order valence-corrected chi connectivity index (χ2v) is 15.4. The van der Waals surface area contributed by atoms with E-state index in [1.807, 2.05) is 6.07 Å². The van der Waals surface area contributed by atoms with Gasteiger partial charge in [-0.2, -0.15) is 0 Å². The van der Waals surface area contributed by atoms with Crippen LogP contribution in [0.4, 0.5) is 0 Å². The van der Waals surface area contributed by atoms with Gasteiger partial charge < -0.3 is 0 Å². The van der Waals surface area contributed by atoms with E-state index in [1.165, 1.54) is 37.7 Å². The van der Waals surface area contributed by atoms with E-state index >= 15 is 0 Å². The van der Waals surface area contributed by atoms with Crippen LogP contribution in [0.15, 0.2) is 24.3 Å². The van der Waals surface area contributed by atoms with Gasteiger partial charge in [0, 0.05) is 0 Å². The van der Waals surface area contributed by atoms with Crippen molar-refractivity contribution in [3.63, 3.8) is 0 Å². The molecule has 20 heavy (non-hydrogen) atoms. The second-order valence-electron chi connectivity index (χ2n) is 7.04. The maximum absolute atomic E-state index is 6.35. The van der Waals surface area contributed by atoms with Gasteiger partial charge in [-0.1, -0.05) is 24.3 Å². The van der Waals surface area contributed by atoms with Gasteiger partial charge in [0.1, 0.15) is 0 Å². The van der Waals surface area contributed by atoms with Crippen molar-refractivity contribution in [2.45, 2.75) is 38.0 Å². The lowest BCUT2D eigenvalue weighted by Gasteiger charge is -2.55. The van der Waals surface area contributed by atoms with Crippen molar-refractivity contribution >= 4 is 44.4 Å². The van der Waals surface area contributed by atoms with Crippen LogP contribution >= 0.6 is 33.2 Å². The third kappa shape index (κ3) is 2.26. The standard InChI is InChI=1S/C16H19Cl3Si/c17-20(18,19)15-4-2-1-3-14(15)16-12-6-10-5-11(8-12)9-13(16)7-10/h1-4,10-13,16H,5-9H2. The third-order valence-corrected chi connectivity index (χ3v) is 8.75. The zero-order chi connectivity index (χ0) is 13.9. The summed E-state index contributed by atoms with van der Waals surface area (Å²) in [5.41, 5.74) is 1.37. The van der Waals surface area contributed by atoms with E-state index in [2.05, 4.69) is 18.2 Å². The van der Waals surface area contributed by atoms with E-state index in [1.54, 1.807) is 0 Å². The van der Waals surface area contributed by atoms with Gasteiger partial charge in [-0.05, 0) is 72.4 Å².